The number of amides is 1. The molecule has 4 rings (SSSR count). The number of pyridine rings is 1. The molecule has 204 valence electrons. The van der Waals surface area contributed by atoms with E-state index in [2.05, 4.69) is 10.2 Å². The van der Waals surface area contributed by atoms with Gasteiger partial charge in [0, 0.05) is 56.3 Å². The number of fused-ring (bicyclic) bond motifs is 1. The molecule has 0 saturated carbocycles. The van der Waals surface area contributed by atoms with Crippen molar-refractivity contribution in [3.8, 4) is 11.5 Å². The molecule has 0 bridgehead atoms. The van der Waals surface area contributed by atoms with Gasteiger partial charge in [0.1, 0.15) is 5.82 Å². The van der Waals surface area contributed by atoms with E-state index in [-0.39, 0.29) is 12.6 Å². The van der Waals surface area contributed by atoms with Crippen LogP contribution < -0.4 is 19.7 Å². The number of aromatic nitrogens is 1. The van der Waals surface area contributed by atoms with Gasteiger partial charge in [-0.3, -0.25) is 0 Å². The Balaban J connectivity index is 1.59. The Labute approximate surface area is 219 Å². The molecule has 0 aliphatic carbocycles. The second-order valence-electron chi connectivity index (χ2n) is 8.85. The Kier molecular flexibility index (Phi) is 8.45. The Morgan fingerprint density at radius 1 is 1.00 bits per heavy atom. The van der Waals surface area contributed by atoms with Crippen LogP contribution in [0.5, 0.6) is 11.5 Å². The molecule has 0 unspecified atom stereocenters. The van der Waals surface area contributed by atoms with Crippen molar-refractivity contribution in [2.24, 2.45) is 0 Å². The third-order valence-electron chi connectivity index (χ3n) is 6.38. The maximum absolute atomic E-state index is 13.1. The first-order valence-corrected chi connectivity index (χ1v) is 12.3. The summed E-state index contributed by atoms with van der Waals surface area (Å²) in [5, 5.41) is 4.10. The highest BCUT2D eigenvalue weighted by Crippen LogP contribution is 2.34. The van der Waals surface area contributed by atoms with Gasteiger partial charge in [0.15, 0.2) is 11.5 Å². The van der Waals surface area contributed by atoms with Gasteiger partial charge in [-0.1, -0.05) is 18.2 Å². The zero-order valence-electron chi connectivity index (χ0n) is 21.6. The van der Waals surface area contributed by atoms with Gasteiger partial charge in [-0.05, 0) is 30.7 Å². The zero-order chi connectivity index (χ0) is 27.3. The van der Waals surface area contributed by atoms with Gasteiger partial charge in [-0.15, -0.1) is 0 Å². The van der Waals surface area contributed by atoms with E-state index in [0.717, 1.165) is 28.9 Å². The van der Waals surface area contributed by atoms with Crippen LogP contribution in [0, 0.1) is 0 Å². The van der Waals surface area contributed by atoms with Crippen LogP contribution in [-0.4, -0.2) is 63.0 Å². The Morgan fingerprint density at radius 2 is 1.71 bits per heavy atom. The van der Waals surface area contributed by atoms with Gasteiger partial charge in [-0.25, -0.2) is 9.78 Å². The number of anilines is 1. The molecule has 1 N–H and O–H groups in total. The normalized spacial score (nSPS) is 14.1. The summed E-state index contributed by atoms with van der Waals surface area (Å²) in [6.07, 6.45) is -4.73. The third-order valence-corrected chi connectivity index (χ3v) is 6.38. The first-order chi connectivity index (χ1) is 18.2. The number of piperazine rings is 1. The van der Waals surface area contributed by atoms with Gasteiger partial charge in [0.25, 0.3) is 0 Å². The van der Waals surface area contributed by atoms with E-state index < -0.39 is 11.7 Å². The first kappa shape index (κ1) is 27.3. The molecule has 1 aromatic heterocycles. The maximum atomic E-state index is 13.1. The Morgan fingerprint density at radius 3 is 2.37 bits per heavy atom. The largest absolute Gasteiger partial charge is 0.493 e. The Bertz CT molecular complexity index is 1280. The molecule has 1 amide bonds. The molecule has 2 aromatic carbocycles. The third kappa shape index (κ3) is 6.21. The second kappa shape index (κ2) is 11.8. The number of carbonyl (C=O) groups is 1. The van der Waals surface area contributed by atoms with Crippen LogP contribution in [0.15, 0.2) is 42.5 Å². The predicted octanol–water partition coefficient (Wildman–Crippen LogP) is 4.84. The first-order valence-electron chi connectivity index (χ1n) is 12.3. The number of nitrogens with one attached hydrogen (secondary N) is 1. The van der Waals surface area contributed by atoms with Crippen molar-refractivity contribution in [1.82, 2.24) is 15.2 Å². The smallest absolute Gasteiger partial charge is 0.416 e. The van der Waals surface area contributed by atoms with E-state index in [9.17, 15) is 18.0 Å². The molecule has 0 atom stereocenters. The number of halogens is 3. The second-order valence-corrected chi connectivity index (χ2v) is 8.85. The number of carbonyl (C=O) groups excluding carboxylic acids is 1. The highest BCUT2D eigenvalue weighted by Gasteiger charge is 2.30. The summed E-state index contributed by atoms with van der Waals surface area (Å²) in [4.78, 5) is 20.8. The van der Waals surface area contributed by atoms with E-state index >= 15 is 0 Å². The van der Waals surface area contributed by atoms with Crippen LogP contribution in [0.3, 0.4) is 0 Å². The summed E-state index contributed by atoms with van der Waals surface area (Å²) < 4.78 is 55.3. The van der Waals surface area contributed by atoms with E-state index in [4.69, 9.17) is 19.2 Å². The number of hydrogen-bond acceptors (Lipinski definition) is 7. The number of methoxy groups -OCH3 is 2. The fourth-order valence-electron chi connectivity index (χ4n) is 4.45. The SMILES string of the molecule is CCOC(=O)N1CCN(c2nc3cc(OC)c(OC)cc3cc2CNCc2cccc(C(F)(F)F)c2)CC1. The fraction of sp³-hybridized carbons (Fsp3) is 0.407. The standard InChI is InChI=1S/C27H31F3N4O4/c1-4-38-26(35)34-10-8-33(9-11-34)25-20(13-19-14-23(36-2)24(37-3)15-22(19)32-25)17-31-16-18-6-5-7-21(12-18)27(28,29)30/h5-7,12-15,31H,4,8-11,16-17H2,1-3H3. The molecule has 0 spiro atoms. The van der Waals surface area contributed by atoms with Crippen molar-refractivity contribution in [2.45, 2.75) is 26.2 Å². The molecule has 1 aliphatic rings. The summed E-state index contributed by atoms with van der Waals surface area (Å²) in [5.74, 6) is 1.87. The summed E-state index contributed by atoms with van der Waals surface area (Å²) in [5.41, 5.74) is 1.45. The number of nitrogens with zero attached hydrogens (tertiary/aromatic N) is 3. The van der Waals surface area contributed by atoms with Crippen molar-refractivity contribution >= 4 is 22.8 Å². The van der Waals surface area contributed by atoms with E-state index in [1.54, 1.807) is 32.1 Å². The van der Waals surface area contributed by atoms with Crippen molar-refractivity contribution in [3.05, 3.63) is 59.2 Å². The fourth-order valence-corrected chi connectivity index (χ4v) is 4.45. The van der Waals surface area contributed by atoms with Crippen LogP contribution in [-0.2, 0) is 24.0 Å². The Hall–Kier alpha value is -3.73. The van der Waals surface area contributed by atoms with Gasteiger partial charge >= 0.3 is 12.3 Å². The van der Waals surface area contributed by atoms with Crippen LogP contribution in [0.2, 0.25) is 0 Å². The van der Waals surface area contributed by atoms with Gasteiger partial charge in [0.05, 0.1) is 31.9 Å². The van der Waals surface area contributed by atoms with Gasteiger partial charge in [0.2, 0.25) is 0 Å². The summed E-state index contributed by atoms with van der Waals surface area (Å²) in [7, 11) is 3.12. The lowest BCUT2D eigenvalue weighted by Crippen LogP contribution is -2.49. The molecule has 11 heteroatoms. The van der Waals surface area contributed by atoms with Gasteiger partial charge < -0.3 is 29.3 Å². The molecule has 1 saturated heterocycles. The molecule has 1 fully saturated rings. The number of rotatable bonds is 8. The zero-order valence-corrected chi connectivity index (χ0v) is 21.6. The lowest BCUT2D eigenvalue weighted by molar-refractivity contribution is -0.137. The van der Waals surface area contributed by atoms with Crippen molar-refractivity contribution in [3.63, 3.8) is 0 Å². The highest BCUT2D eigenvalue weighted by atomic mass is 19.4. The quantitative estimate of drug-likeness (QED) is 0.445. The molecule has 38 heavy (non-hydrogen) atoms. The molecule has 2 heterocycles. The maximum Gasteiger partial charge on any atom is 0.416 e. The molecular weight excluding hydrogens is 501 g/mol. The average molecular weight is 533 g/mol. The van der Waals surface area contributed by atoms with Crippen LogP contribution in [0.1, 0.15) is 23.6 Å². The van der Waals surface area contributed by atoms with Gasteiger partial charge in [-0.2, -0.15) is 13.2 Å². The molecule has 1 aliphatic heterocycles. The molecular formula is C27H31F3N4O4. The van der Waals surface area contributed by atoms with Crippen molar-refractivity contribution in [2.75, 3.05) is 51.9 Å². The molecule has 3 aromatic rings. The summed E-state index contributed by atoms with van der Waals surface area (Å²) in [6, 6.07) is 10.9. The molecule has 0 radical (unpaired) electrons. The lowest BCUT2D eigenvalue weighted by atomic mass is 10.1. The summed E-state index contributed by atoms with van der Waals surface area (Å²) in [6.45, 7) is 4.82. The van der Waals surface area contributed by atoms with Crippen molar-refractivity contribution in [1.29, 1.82) is 0 Å². The minimum atomic E-state index is -4.39. The molecule has 8 nitrogen and oxygen atoms in total. The average Bonchev–Trinajstić information content (AvgIpc) is 2.92. The minimum absolute atomic E-state index is 0.254. The van der Waals surface area contributed by atoms with E-state index in [1.807, 2.05) is 18.2 Å². The van der Waals surface area contributed by atoms with Crippen LogP contribution in [0.25, 0.3) is 10.9 Å². The monoisotopic (exact) mass is 532 g/mol. The minimum Gasteiger partial charge on any atom is -0.493 e. The number of benzene rings is 2. The van der Waals surface area contributed by atoms with Crippen LogP contribution in [0.4, 0.5) is 23.8 Å². The van der Waals surface area contributed by atoms with Crippen LogP contribution >= 0.6 is 0 Å². The number of alkyl halides is 3. The lowest BCUT2D eigenvalue weighted by Gasteiger charge is -2.35. The number of hydrogen-bond donors (Lipinski definition) is 1. The van der Waals surface area contributed by atoms with E-state index in [1.165, 1.54) is 6.07 Å². The van der Waals surface area contributed by atoms with E-state index in [0.29, 0.717) is 61.9 Å². The highest BCUT2D eigenvalue weighted by molar-refractivity contribution is 5.85. The predicted molar refractivity (Wildman–Crippen MR) is 138 cm³/mol. The topological polar surface area (TPSA) is 76.2 Å². The summed E-state index contributed by atoms with van der Waals surface area (Å²) >= 11 is 0. The van der Waals surface area contributed by atoms with Crippen molar-refractivity contribution < 1.29 is 32.2 Å². The number of ether oxygens (including phenoxy) is 3.